The highest BCUT2D eigenvalue weighted by molar-refractivity contribution is 5.86. The van der Waals surface area contributed by atoms with Gasteiger partial charge in [-0.3, -0.25) is 9.79 Å². The summed E-state index contributed by atoms with van der Waals surface area (Å²) >= 11 is 0. The Kier molecular flexibility index (Phi) is 8.42. The minimum absolute atomic E-state index is 0.0182. The molecule has 0 aliphatic heterocycles. The summed E-state index contributed by atoms with van der Waals surface area (Å²) in [5, 5.41) is 9.41. The van der Waals surface area contributed by atoms with E-state index in [1.54, 1.807) is 7.05 Å². The second-order valence-corrected chi connectivity index (χ2v) is 7.85. The summed E-state index contributed by atoms with van der Waals surface area (Å²) < 4.78 is 0. The molecule has 1 unspecified atom stereocenters. The van der Waals surface area contributed by atoms with E-state index in [1.165, 1.54) is 38.5 Å². The van der Waals surface area contributed by atoms with Crippen molar-refractivity contribution in [2.75, 3.05) is 13.6 Å². The van der Waals surface area contributed by atoms with Crippen molar-refractivity contribution < 1.29 is 4.79 Å². The standard InChI is InChI=1S/C18H36N4O/c1-14(11-12-15-9-7-6-8-10-15)21-17(19-5)20-13-16(23)22-18(2,3)4/h14-15H,6-13H2,1-5H3,(H,22,23)(H2,19,20,21). The highest BCUT2D eigenvalue weighted by Crippen LogP contribution is 2.27. The number of carbonyl (C=O) groups excluding carboxylic acids is 1. The normalized spacial score (nSPS) is 18.4. The summed E-state index contributed by atoms with van der Waals surface area (Å²) in [6.07, 6.45) is 9.45. The smallest absolute Gasteiger partial charge is 0.239 e. The van der Waals surface area contributed by atoms with Crippen LogP contribution in [0.25, 0.3) is 0 Å². The van der Waals surface area contributed by atoms with Gasteiger partial charge in [0.15, 0.2) is 5.96 Å². The Morgan fingerprint density at radius 1 is 1.22 bits per heavy atom. The number of nitrogens with one attached hydrogen (secondary N) is 3. The average molecular weight is 325 g/mol. The predicted molar refractivity (Wildman–Crippen MR) is 97.7 cm³/mol. The van der Waals surface area contributed by atoms with Crippen LogP contribution < -0.4 is 16.0 Å². The van der Waals surface area contributed by atoms with Crippen molar-refractivity contribution in [2.45, 2.75) is 84.2 Å². The van der Waals surface area contributed by atoms with E-state index in [2.05, 4.69) is 27.9 Å². The lowest BCUT2D eigenvalue weighted by Crippen LogP contribution is -2.49. The SMILES string of the molecule is CN=C(NCC(=O)NC(C)(C)C)NC(C)CCC1CCCCC1. The Hall–Kier alpha value is -1.26. The maximum Gasteiger partial charge on any atom is 0.239 e. The molecule has 1 atom stereocenters. The van der Waals surface area contributed by atoms with Gasteiger partial charge in [-0.1, -0.05) is 32.1 Å². The Balaban J connectivity index is 2.25. The van der Waals surface area contributed by atoms with Crippen molar-refractivity contribution >= 4 is 11.9 Å². The molecule has 0 heterocycles. The lowest BCUT2D eigenvalue weighted by atomic mass is 9.85. The fourth-order valence-electron chi connectivity index (χ4n) is 3.09. The number of amides is 1. The molecule has 0 radical (unpaired) electrons. The summed E-state index contributed by atoms with van der Waals surface area (Å²) in [7, 11) is 1.74. The zero-order valence-corrected chi connectivity index (χ0v) is 15.7. The minimum Gasteiger partial charge on any atom is -0.354 e. The number of nitrogens with zero attached hydrogens (tertiary/aromatic N) is 1. The number of carbonyl (C=O) groups is 1. The van der Waals surface area contributed by atoms with Crippen LogP contribution >= 0.6 is 0 Å². The van der Waals surface area contributed by atoms with Gasteiger partial charge in [-0.05, 0) is 46.5 Å². The van der Waals surface area contributed by atoms with Crippen LogP contribution in [0.5, 0.6) is 0 Å². The monoisotopic (exact) mass is 324 g/mol. The highest BCUT2D eigenvalue weighted by atomic mass is 16.2. The van der Waals surface area contributed by atoms with E-state index < -0.39 is 0 Å². The van der Waals surface area contributed by atoms with E-state index in [9.17, 15) is 4.79 Å². The molecule has 0 aromatic heterocycles. The van der Waals surface area contributed by atoms with Crippen LogP contribution in [0.2, 0.25) is 0 Å². The molecule has 0 saturated heterocycles. The zero-order chi connectivity index (χ0) is 17.3. The van der Waals surface area contributed by atoms with E-state index in [0.29, 0.717) is 12.0 Å². The van der Waals surface area contributed by atoms with Crippen LogP contribution in [0, 0.1) is 5.92 Å². The Bertz CT molecular complexity index is 381. The molecule has 23 heavy (non-hydrogen) atoms. The molecule has 0 spiro atoms. The molecular formula is C18H36N4O. The Morgan fingerprint density at radius 3 is 2.43 bits per heavy atom. The molecule has 0 bridgehead atoms. The van der Waals surface area contributed by atoms with Gasteiger partial charge in [-0.15, -0.1) is 0 Å². The molecule has 3 N–H and O–H groups in total. The van der Waals surface area contributed by atoms with Crippen molar-refractivity contribution in [1.82, 2.24) is 16.0 Å². The maximum absolute atomic E-state index is 11.8. The Labute approximate surface area is 142 Å². The number of rotatable bonds is 6. The van der Waals surface area contributed by atoms with Gasteiger partial charge in [0, 0.05) is 18.6 Å². The van der Waals surface area contributed by atoms with Gasteiger partial charge in [0.2, 0.25) is 5.91 Å². The van der Waals surface area contributed by atoms with Crippen molar-refractivity contribution in [1.29, 1.82) is 0 Å². The molecule has 0 aromatic carbocycles. The second-order valence-electron chi connectivity index (χ2n) is 7.85. The van der Waals surface area contributed by atoms with Crippen molar-refractivity contribution in [2.24, 2.45) is 10.9 Å². The third-order valence-electron chi connectivity index (χ3n) is 4.27. The van der Waals surface area contributed by atoms with Crippen molar-refractivity contribution in [3.63, 3.8) is 0 Å². The molecule has 0 aromatic rings. The van der Waals surface area contributed by atoms with Gasteiger partial charge in [-0.25, -0.2) is 0 Å². The molecular weight excluding hydrogens is 288 g/mol. The minimum atomic E-state index is -0.205. The van der Waals surface area contributed by atoms with Crippen LogP contribution in [0.1, 0.15) is 72.6 Å². The predicted octanol–water partition coefficient (Wildman–Crippen LogP) is 2.82. The van der Waals surface area contributed by atoms with Crippen molar-refractivity contribution in [3.8, 4) is 0 Å². The first kappa shape index (κ1) is 19.8. The molecule has 1 rings (SSSR count). The number of hydrogen-bond acceptors (Lipinski definition) is 2. The molecule has 1 aliphatic rings. The van der Waals surface area contributed by atoms with E-state index in [1.807, 2.05) is 20.8 Å². The van der Waals surface area contributed by atoms with E-state index in [4.69, 9.17) is 0 Å². The first-order valence-electron chi connectivity index (χ1n) is 9.08. The summed E-state index contributed by atoms with van der Waals surface area (Å²) in [5.41, 5.74) is -0.205. The van der Waals surface area contributed by atoms with Crippen LogP contribution in [0.3, 0.4) is 0 Å². The van der Waals surface area contributed by atoms with Gasteiger partial charge >= 0.3 is 0 Å². The molecule has 5 heteroatoms. The zero-order valence-electron chi connectivity index (χ0n) is 15.7. The maximum atomic E-state index is 11.8. The number of aliphatic imine (C=N–C) groups is 1. The van der Waals surface area contributed by atoms with Crippen LogP contribution in [0.15, 0.2) is 4.99 Å². The summed E-state index contributed by atoms with van der Waals surface area (Å²) in [6, 6.07) is 0.369. The molecule has 1 fully saturated rings. The van der Waals surface area contributed by atoms with Gasteiger partial charge in [0.05, 0.1) is 6.54 Å². The van der Waals surface area contributed by atoms with Crippen LogP contribution in [0.4, 0.5) is 0 Å². The molecule has 5 nitrogen and oxygen atoms in total. The largest absolute Gasteiger partial charge is 0.354 e. The van der Waals surface area contributed by atoms with Gasteiger partial charge in [-0.2, -0.15) is 0 Å². The first-order chi connectivity index (χ1) is 10.8. The van der Waals surface area contributed by atoms with Gasteiger partial charge < -0.3 is 16.0 Å². The average Bonchev–Trinajstić information content (AvgIpc) is 2.48. The summed E-state index contributed by atoms with van der Waals surface area (Å²) in [6.45, 7) is 8.36. The van der Waals surface area contributed by atoms with Gasteiger partial charge in [0.25, 0.3) is 0 Å². The second kappa shape index (κ2) is 9.78. The van der Waals surface area contributed by atoms with E-state index in [0.717, 1.165) is 12.3 Å². The Morgan fingerprint density at radius 2 is 1.87 bits per heavy atom. The molecule has 134 valence electrons. The highest BCUT2D eigenvalue weighted by Gasteiger charge is 2.16. The third-order valence-corrected chi connectivity index (χ3v) is 4.27. The lowest BCUT2D eigenvalue weighted by Gasteiger charge is -2.24. The van der Waals surface area contributed by atoms with E-state index >= 15 is 0 Å². The number of hydrogen-bond donors (Lipinski definition) is 3. The molecule has 1 saturated carbocycles. The lowest BCUT2D eigenvalue weighted by molar-refractivity contribution is -0.121. The molecule has 1 aliphatic carbocycles. The fourth-order valence-corrected chi connectivity index (χ4v) is 3.09. The van der Waals surface area contributed by atoms with Crippen LogP contribution in [-0.4, -0.2) is 37.0 Å². The molecule has 1 amide bonds. The first-order valence-corrected chi connectivity index (χ1v) is 9.08. The van der Waals surface area contributed by atoms with Crippen LogP contribution in [-0.2, 0) is 4.79 Å². The van der Waals surface area contributed by atoms with E-state index in [-0.39, 0.29) is 18.0 Å². The fraction of sp³-hybridized carbons (Fsp3) is 0.889. The topological polar surface area (TPSA) is 65.5 Å². The quantitative estimate of drug-likeness (QED) is 0.520. The van der Waals surface area contributed by atoms with Crippen molar-refractivity contribution in [3.05, 3.63) is 0 Å². The summed E-state index contributed by atoms with van der Waals surface area (Å²) in [4.78, 5) is 16.0. The third kappa shape index (κ3) is 9.47. The van der Waals surface area contributed by atoms with Gasteiger partial charge in [0.1, 0.15) is 0 Å². The summed E-state index contributed by atoms with van der Waals surface area (Å²) in [5.74, 6) is 1.58. The number of guanidine groups is 1.